The van der Waals surface area contributed by atoms with Crippen molar-refractivity contribution in [2.75, 3.05) is 26.2 Å². The number of halogens is 3. The minimum atomic E-state index is 0.387. The Morgan fingerprint density at radius 3 is 2.59 bits per heavy atom. The van der Waals surface area contributed by atoms with Crippen molar-refractivity contribution < 1.29 is 4.74 Å². The maximum Gasteiger partial charge on any atom is 0.0763 e. The minimum Gasteiger partial charge on any atom is -0.378 e. The monoisotopic (exact) mass is 362 g/mol. The van der Waals surface area contributed by atoms with E-state index in [1.807, 2.05) is 12.1 Å². The van der Waals surface area contributed by atoms with E-state index in [1.54, 1.807) is 6.07 Å². The standard InChI is InChI=1S/C16H21Cl3N2O/c1-2-9-22-13-5-7-21(8-6-13)11-16(20-19)12-3-4-14(17)15(18)10-12/h3-4,10,13H,2,5-9,11H2,1H3. The molecule has 1 aliphatic heterocycles. The van der Waals surface area contributed by atoms with Crippen molar-refractivity contribution in [3.05, 3.63) is 33.8 Å². The second kappa shape index (κ2) is 9.09. The Hall–Kier alpha value is -0.320. The number of benzene rings is 1. The SMILES string of the molecule is CCCOC1CCN(CC(=NCl)c2ccc(Cl)c(Cl)c2)CC1. The van der Waals surface area contributed by atoms with Gasteiger partial charge in [0, 0.05) is 38.0 Å². The first-order valence-corrected chi connectivity index (χ1v) is 8.70. The summed E-state index contributed by atoms with van der Waals surface area (Å²) in [6, 6.07) is 5.47. The van der Waals surface area contributed by atoms with Crippen molar-refractivity contribution in [1.29, 1.82) is 0 Å². The summed E-state index contributed by atoms with van der Waals surface area (Å²) in [6.07, 6.45) is 3.56. The molecule has 1 fully saturated rings. The molecule has 0 N–H and O–H groups in total. The predicted molar refractivity (Wildman–Crippen MR) is 94.6 cm³/mol. The van der Waals surface area contributed by atoms with Crippen LogP contribution in [0.2, 0.25) is 10.0 Å². The molecule has 2 rings (SSSR count). The van der Waals surface area contributed by atoms with Crippen molar-refractivity contribution in [2.45, 2.75) is 32.3 Å². The summed E-state index contributed by atoms with van der Waals surface area (Å²) < 4.78 is 9.72. The fourth-order valence-electron chi connectivity index (χ4n) is 2.57. The summed E-state index contributed by atoms with van der Waals surface area (Å²) in [4.78, 5) is 2.34. The van der Waals surface area contributed by atoms with Crippen LogP contribution < -0.4 is 0 Å². The summed E-state index contributed by atoms with van der Waals surface area (Å²) in [5, 5.41) is 1.05. The lowest BCUT2D eigenvalue weighted by Crippen LogP contribution is -2.40. The largest absolute Gasteiger partial charge is 0.378 e. The molecule has 0 saturated carbocycles. The number of nitrogens with zero attached hydrogens (tertiary/aromatic N) is 2. The van der Waals surface area contributed by atoms with E-state index in [2.05, 4.69) is 16.3 Å². The molecule has 0 aliphatic carbocycles. The maximum atomic E-state index is 6.07. The zero-order valence-corrected chi connectivity index (χ0v) is 15.0. The Balaban J connectivity index is 1.90. The minimum absolute atomic E-state index is 0.387. The predicted octanol–water partition coefficient (Wildman–Crippen LogP) is 4.83. The molecular weight excluding hydrogens is 343 g/mol. The summed E-state index contributed by atoms with van der Waals surface area (Å²) in [7, 11) is 0. The molecule has 1 aromatic rings. The quantitative estimate of drug-likeness (QED) is 0.676. The highest BCUT2D eigenvalue weighted by Crippen LogP contribution is 2.23. The zero-order valence-electron chi connectivity index (χ0n) is 12.7. The van der Waals surface area contributed by atoms with Gasteiger partial charge in [-0.25, -0.2) is 0 Å². The van der Waals surface area contributed by atoms with Gasteiger partial charge in [0.15, 0.2) is 0 Å². The first-order chi connectivity index (χ1) is 10.6. The van der Waals surface area contributed by atoms with E-state index in [0.717, 1.165) is 50.2 Å². The van der Waals surface area contributed by atoms with E-state index in [4.69, 9.17) is 39.7 Å². The van der Waals surface area contributed by atoms with Gasteiger partial charge in [0.1, 0.15) is 0 Å². The van der Waals surface area contributed by atoms with Gasteiger partial charge in [-0.1, -0.05) is 36.2 Å². The van der Waals surface area contributed by atoms with E-state index in [0.29, 0.717) is 22.7 Å². The second-order valence-corrected chi connectivity index (χ2v) is 6.49. The number of rotatable bonds is 6. The fraction of sp³-hybridized carbons (Fsp3) is 0.562. The van der Waals surface area contributed by atoms with Gasteiger partial charge in [-0.05, 0) is 37.0 Å². The molecule has 0 unspecified atom stereocenters. The Kier molecular flexibility index (Phi) is 7.45. The smallest absolute Gasteiger partial charge is 0.0763 e. The molecular formula is C16H21Cl3N2O. The highest BCUT2D eigenvalue weighted by molar-refractivity contribution is 6.42. The van der Waals surface area contributed by atoms with Gasteiger partial charge in [-0.2, -0.15) is 4.51 Å². The highest BCUT2D eigenvalue weighted by Gasteiger charge is 2.21. The van der Waals surface area contributed by atoms with Gasteiger partial charge >= 0.3 is 0 Å². The van der Waals surface area contributed by atoms with E-state index >= 15 is 0 Å². The zero-order chi connectivity index (χ0) is 15.9. The molecule has 1 heterocycles. The van der Waals surface area contributed by atoms with E-state index in [1.165, 1.54) is 0 Å². The Labute approximate surface area is 147 Å². The van der Waals surface area contributed by atoms with Crippen LogP contribution in [0.3, 0.4) is 0 Å². The van der Waals surface area contributed by atoms with E-state index < -0.39 is 0 Å². The van der Waals surface area contributed by atoms with Gasteiger partial charge in [0.25, 0.3) is 0 Å². The third-order valence-electron chi connectivity index (χ3n) is 3.82. The Morgan fingerprint density at radius 1 is 1.27 bits per heavy atom. The van der Waals surface area contributed by atoms with Crippen molar-refractivity contribution in [3.8, 4) is 0 Å². The van der Waals surface area contributed by atoms with E-state index in [9.17, 15) is 0 Å². The molecule has 122 valence electrons. The molecule has 0 amide bonds. The molecule has 0 spiro atoms. The number of hydrogen-bond donors (Lipinski definition) is 0. The maximum absolute atomic E-state index is 6.07. The number of likely N-dealkylation sites (tertiary alicyclic amines) is 1. The average Bonchev–Trinajstić information content (AvgIpc) is 2.54. The van der Waals surface area contributed by atoms with Crippen LogP contribution in [-0.2, 0) is 4.74 Å². The van der Waals surface area contributed by atoms with Gasteiger partial charge < -0.3 is 4.74 Å². The van der Waals surface area contributed by atoms with Crippen LogP contribution in [0.5, 0.6) is 0 Å². The van der Waals surface area contributed by atoms with Crippen molar-refractivity contribution in [1.82, 2.24) is 4.90 Å². The van der Waals surface area contributed by atoms with Crippen LogP contribution in [-0.4, -0.2) is 43.0 Å². The third-order valence-corrected chi connectivity index (χ3v) is 4.76. The van der Waals surface area contributed by atoms with Gasteiger partial charge in [-0.3, -0.25) is 4.90 Å². The Bertz CT molecular complexity index is 514. The second-order valence-electron chi connectivity index (χ2n) is 5.51. The number of hydrogen-bond acceptors (Lipinski definition) is 3. The summed E-state index contributed by atoms with van der Waals surface area (Å²) in [5.41, 5.74) is 1.72. The summed E-state index contributed by atoms with van der Waals surface area (Å²) in [6.45, 7) is 5.68. The molecule has 1 saturated heterocycles. The lowest BCUT2D eigenvalue weighted by Gasteiger charge is -2.32. The van der Waals surface area contributed by atoms with Crippen LogP contribution >= 0.6 is 35.0 Å². The molecule has 1 aromatic carbocycles. The van der Waals surface area contributed by atoms with Crippen LogP contribution in [0.1, 0.15) is 31.7 Å². The van der Waals surface area contributed by atoms with Crippen molar-refractivity contribution in [3.63, 3.8) is 0 Å². The number of piperidine rings is 1. The first kappa shape index (κ1) is 18.0. The molecule has 6 heteroatoms. The van der Waals surface area contributed by atoms with Gasteiger partial charge in [-0.15, -0.1) is 0 Å². The van der Waals surface area contributed by atoms with Gasteiger partial charge in [0.05, 0.1) is 21.9 Å². The van der Waals surface area contributed by atoms with Crippen LogP contribution in [0.25, 0.3) is 0 Å². The van der Waals surface area contributed by atoms with Gasteiger partial charge in [0.2, 0.25) is 0 Å². The molecule has 3 nitrogen and oxygen atoms in total. The number of ether oxygens (including phenoxy) is 1. The first-order valence-electron chi connectivity index (χ1n) is 7.61. The molecule has 0 bridgehead atoms. The van der Waals surface area contributed by atoms with Crippen LogP contribution in [0, 0.1) is 0 Å². The Morgan fingerprint density at radius 2 is 2.00 bits per heavy atom. The van der Waals surface area contributed by atoms with Crippen LogP contribution in [0.15, 0.2) is 22.7 Å². The molecule has 0 aromatic heterocycles. The van der Waals surface area contributed by atoms with Crippen LogP contribution in [0.4, 0.5) is 0 Å². The lowest BCUT2D eigenvalue weighted by molar-refractivity contribution is 0.0109. The normalized spacial score (nSPS) is 17.9. The summed E-state index contributed by atoms with van der Waals surface area (Å²) >= 11 is 17.8. The topological polar surface area (TPSA) is 24.8 Å². The molecule has 22 heavy (non-hydrogen) atoms. The molecule has 0 radical (unpaired) electrons. The summed E-state index contributed by atoms with van der Waals surface area (Å²) in [5.74, 6) is 0. The average molecular weight is 364 g/mol. The molecule has 0 atom stereocenters. The van der Waals surface area contributed by atoms with Crippen molar-refractivity contribution in [2.24, 2.45) is 4.51 Å². The lowest BCUT2D eigenvalue weighted by atomic mass is 10.1. The third kappa shape index (κ3) is 5.10. The van der Waals surface area contributed by atoms with E-state index in [-0.39, 0.29) is 0 Å². The fourth-order valence-corrected chi connectivity index (χ4v) is 3.02. The highest BCUT2D eigenvalue weighted by atomic mass is 35.5. The molecule has 1 aliphatic rings. The van der Waals surface area contributed by atoms with Crippen molar-refractivity contribution >= 4 is 40.7 Å².